The molecule has 1 aromatic heterocycles. The Morgan fingerprint density at radius 1 is 0.933 bits per heavy atom. The van der Waals surface area contributed by atoms with Gasteiger partial charge in [-0.05, 0) is 54.5 Å². The van der Waals surface area contributed by atoms with Crippen LogP contribution in [0.3, 0.4) is 0 Å². The summed E-state index contributed by atoms with van der Waals surface area (Å²) in [5.41, 5.74) is 5.55. The third kappa shape index (κ3) is 4.55. The Hall–Kier alpha value is -3.51. The maximum absolute atomic E-state index is 13.1. The Balaban J connectivity index is 1.43. The van der Waals surface area contributed by atoms with Gasteiger partial charge in [-0.1, -0.05) is 59.8 Å². The summed E-state index contributed by atoms with van der Waals surface area (Å²) in [6, 6.07) is 24.1. The molecule has 0 saturated carbocycles. The number of rotatable bonds is 5. The number of aromatic nitrogens is 1. The van der Waals surface area contributed by atoms with E-state index in [0.29, 0.717) is 5.11 Å². The first kappa shape index (κ1) is 19.8. The van der Waals surface area contributed by atoms with E-state index in [1.165, 1.54) is 12.1 Å². The summed E-state index contributed by atoms with van der Waals surface area (Å²) in [6.45, 7) is 1.97. The molecule has 30 heavy (non-hydrogen) atoms. The summed E-state index contributed by atoms with van der Waals surface area (Å²) in [5, 5.41) is 11.0. The van der Waals surface area contributed by atoms with Crippen LogP contribution < -0.4 is 10.6 Å². The minimum Gasteiger partial charge on any atom is -0.363 e. The highest BCUT2D eigenvalue weighted by atomic mass is 32.1. The molecule has 1 atom stereocenters. The van der Waals surface area contributed by atoms with Crippen molar-refractivity contribution < 1.29 is 8.91 Å². The summed E-state index contributed by atoms with van der Waals surface area (Å²) >= 11 is 5.41. The number of anilines is 1. The summed E-state index contributed by atoms with van der Waals surface area (Å²) in [4.78, 5) is 0. The molecule has 0 radical (unpaired) electrons. The molecule has 0 fully saturated rings. The zero-order valence-electron chi connectivity index (χ0n) is 16.3. The fourth-order valence-corrected chi connectivity index (χ4v) is 3.47. The Morgan fingerprint density at radius 3 is 2.33 bits per heavy atom. The third-order valence-corrected chi connectivity index (χ3v) is 5.01. The van der Waals surface area contributed by atoms with Crippen LogP contribution in [0, 0.1) is 5.82 Å². The van der Waals surface area contributed by atoms with Gasteiger partial charge in [0, 0.05) is 16.8 Å². The maximum atomic E-state index is 13.1. The van der Waals surface area contributed by atoms with Crippen molar-refractivity contribution in [3.8, 4) is 22.4 Å². The lowest BCUT2D eigenvalue weighted by molar-refractivity contribution is 0.422. The number of benzene rings is 3. The molecule has 4 rings (SSSR count). The van der Waals surface area contributed by atoms with Gasteiger partial charge in [0.05, 0.1) is 6.04 Å². The highest BCUT2D eigenvalue weighted by Gasteiger charge is 2.12. The van der Waals surface area contributed by atoms with E-state index in [9.17, 15) is 4.39 Å². The van der Waals surface area contributed by atoms with E-state index in [1.54, 1.807) is 18.4 Å². The van der Waals surface area contributed by atoms with E-state index < -0.39 is 0 Å². The number of nitrogens with one attached hydrogen (secondary N) is 2. The molecule has 150 valence electrons. The van der Waals surface area contributed by atoms with Gasteiger partial charge in [0.15, 0.2) is 5.11 Å². The average molecular weight is 418 g/mol. The molecule has 3 aromatic carbocycles. The van der Waals surface area contributed by atoms with E-state index in [0.717, 1.165) is 33.6 Å². The smallest absolute Gasteiger partial charge is 0.171 e. The molecule has 4 nitrogen and oxygen atoms in total. The molecule has 1 unspecified atom stereocenters. The van der Waals surface area contributed by atoms with Crippen LogP contribution in [0.5, 0.6) is 0 Å². The Kier molecular flexibility index (Phi) is 5.86. The van der Waals surface area contributed by atoms with Gasteiger partial charge in [0.1, 0.15) is 17.8 Å². The quantitative estimate of drug-likeness (QED) is 0.379. The first-order chi connectivity index (χ1) is 14.6. The highest BCUT2D eigenvalue weighted by molar-refractivity contribution is 7.80. The Morgan fingerprint density at radius 2 is 1.63 bits per heavy atom. The second-order valence-electron chi connectivity index (χ2n) is 6.89. The van der Waals surface area contributed by atoms with Crippen molar-refractivity contribution in [1.29, 1.82) is 0 Å². The second-order valence-corrected chi connectivity index (χ2v) is 7.30. The van der Waals surface area contributed by atoms with Gasteiger partial charge in [-0.15, -0.1) is 0 Å². The van der Waals surface area contributed by atoms with Crippen molar-refractivity contribution in [1.82, 2.24) is 10.5 Å². The topological polar surface area (TPSA) is 50.1 Å². The van der Waals surface area contributed by atoms with Gasteiger partial charge >= 0.3 is 0 Å². The van der Waals surface area contributed by atoms with Crippen LogP contribution in [0.15, 0.2) is 89.6 Å². The van der Waals surface area contributed by atoms with Crippen molar-refractivity contribution in [3.63, 3.8) is 0 Å². The van der Waals surface area contributed by atoms with Crippen molar-refractivity contribution >= 4 is 23.0 Å². The van der Waals surface area contributed by atoms with E-state index >= 15 is 0 Å². The van der Waals surface area contributed by atoms with Gasteiger partial charge in [0.25, 0.3) is 0 Å². The van der Waals surface area contributed by atoms with Crippen molar-refractivity contribution in [2.24, 2.45) is 0 Å². The molecule has 0 spiro atoms. The van der Waals surface area contributed by atoms with Gasteiger partial charge < -0.3 is 15.2 Å². The minimum absolute atomic E-state index is 0.0477. The fourth-order valence-electron chi connectivity index (χ4n) is 3.18. The predicted octanol–water partition coefficient (Wildman–Crippen LogP) is 6.20. The number of hydrogen-bond acceptors (Lipinski definition) is 3. The first-order valence-electron chi connectivity index (χ1n) is 9.53. The fraction of sp³-hybridized carbons (Fsp3) is 0.0833. The number of nitrogens with zero attached hydrogens (tertiary/aromatic N) is 1. The van der Waals surface area contributed by atoms with E-state index in [1.807, 2.05) is 61.5 Å². The molecular formula is C24H20FN3OS. The van der Waals surface area contributed by atoms with E-state index in [-0.39, 0.29) is 11.9 Å². The number of halogens is 1. The van der Waals surface area contributed by atoms with E-state index in [4.69, 9.17) is 16.7 Å². The average Bonchev–Trinajstić information content (AvgIpc) is 3.25. The van der Waals surface area contributed by atoms with Crippen LogP contribution in [-0.2, 0) is 0 Å². The number of thiocarbonyl (C=S) groups is 1. The van der Waals surface area contributed by atoms with Gasteiger partial charge in [-0.2, -0.15) is 0 Å². The summed E-state index contributed by atoms with van der Waals surface area (Å²) < 4.78 is 18.3. The van der Waals surface area contributed by atoms with Gasteiger partial charge in [-0.25, -0.2) is 4.39 Å². The van der Waals surface area contributed by atoms with Crippen molar-refractivity contribution in [2.45, 2.75) is 13.0 Å². The minimum atomic E-state index is -0.255. The molecule has 0 saturated heterocycles. The molecule has 0 aliphatic carbocycles. The lowest BCUT2D eigenvalue weighted by atomic mass is 10.0. The number of hydrogen-bond donors (Lipinski definition) is 2. The van der Waals surface area contributed by atoms with Crippen molar-refractivity contribution in [2.75, 3.05) is 5.32 Å². The van der Waals surface area contributed by atoms with Gasteiger partial charge in [0.2, 0.25) is 0 Å². The zero-order valence-corrected chi connectivity index (χ0v) is 17.1. The summed E-state index contributed by atoms with van der Waals surface area (Å²) in [5.74, 6) is -0.255. The largest absolute Gasteiger partial charge is 0.363 e. The molecule has 4 aromatic rings. The molecule has 2 N–H and O–H groups in total. The monoisotopic (exact) mass is 417 g/mol. The zero-order chi connectivity index (χ0) is 20.9. The highest BCUT2D eigenvalue weighted by Crippen LogP contribution is 2.31. The van der Waals surface area contributed by atoms with Crippen LogP contribution in [-0.4, -0.2) is 10.3 Å². The molecule has 0 amide bonds. The predicted molar refractivity (Wildman–Crippen MR) is 122 cm³/mol. The molecule has 0 bridgehead atoms. The van der Waals surface area contributed by atoms with E-state index in [2.05, 4.69) is 15.8 Å². The van der Waals surface area contributed by atoms with Crippen molar-refractivity contribution in [3.05, 3.63) is 96.5 Å². The second kappa shape index (κ2) is 8.88. The SMILES string of the molecule is CC(NC(=S)Nc1ccc(-c2nocc2-c2ccccc2)cc1)c1ccc(F)cc1. The lowest BCUT2D eigenvalue weighted by Crippen LogP contribution is -2.30. The Labute approximate surface area is 179 Å². The molecule has 0 aliphatic heterocycles. The molecule has 6 heteroatoms. The standard InChI is InChI=1S/C24H20FN3OS/c1-16(17-7-11-20(25)12-8-17)26-24(30)27-21-13-9-19(10-14-21)23-22(15-29-28-23)18-5-3-2-4-6-18/h2-16H,1H3,(H2,26,27,30). The maximum Gasteiger partial charge on any atom is 0.171 e. The lowest BCUT2D eigenvalue weighted by Gasteiger charge is -2.17. The van der Waals surface area contributed by atoms with Crippen LogP contribution in [0.1, 0.15) is 18.5 Å². The first-order valence-corrected chi connectivity index (χ1v) is 9.94. The molecule has 1 heterocycles. The Bertz CT molecular complexity index is 1130. The van der Waals surface area contributed by atoms with Crippen LogP contribution in [0.4, 0.5) is 10.1 Å². The van der Waals surface area contributed by atoms with Crippen LogP contribution in [0.2, 0.25) is 0 Å². The normalized spacial score (nSPS) is 11.7. The van der Waals surface area contributed by atoms with Crippen LogP contribution in [0.25, 0.3) is 22.4 Å². The summed E-state index contributed by atoms with van der Waals surface area (Å²) in [6.07, 6.45) is 1.66. The van der Waals surface area contributed by atoms with Crippen LogP contribution >= 0.6 is 12.2 Å². The third-order valence-electron chi connectivity index (χ3n) is 4.79. The molecule has 0 aliphatic rings. The summed E-state index contributed by atoms with van der Waals surface area (Å²) in [7, 11) is 0. The molecular weight excluding hydrogens is 397 g/mol. The van der Waals surface area contributed by atoms with Gasteiger partial charge in [-0.3, -0.25) is 0 Å².